The van der Waals surface area contributed by atoms with Gasteiger partial charge in [0, 0.05) is 24.1 Å². The second-order valence-electron chi connectivity index (χ2n) is 6.49. The third-order valence-electron chi connectivity index (χ3n) is 4.51. The fraction of sp³-hybridized carbons (Fsp3) is 0.647. The van der Waals surface area contributed by atoms with Crippen LogP contribution in [0.1, 0.15) is 39.7 Å². The molecule has 112 valence electrons. The highest BCUT2D eigenvalue weighted by molar-refractivity contribution is 5.26. The molecular formula is C17H27NO2. The van der Waals surface area contributed by atoms with Gasteiger partial charge in [-0.15, -0.1) is 0 Å². The zero-order valence-electron chi connectivity index (χ0n) is 13.0. The summed E-state index contributed by atoms with van der Waals surface area (Å²) in [6, 6.07) is 8.42. The van der Waals surface area contributed by atoms with E-state index in [0.29, 0.717) is 23.9 Å². The number of phenols is 1. The molecule has 2 N–H and O–H groups in total. The molecule has 1 aliphatic rings. The van der Waals surface area contributed by atoms with Crippen LogP contribution in [0.15, 0.2) is 24.3 Å². The summed E-state index contributed by atoms with van der Waals surface area (Å²) in [5.74, 6) is 0.328. The van der Waals surface area contributed by atoms with Gasteiger partial charge in [-0.1, -0.05) is 26.0 Å². The van der Waals surface area contributed by atoms with E-state index in [-0.39, 0.29) is 5.41 Å². The van der Waals surface area contributed by atoms with Crippen LogP contribution in [0.4, 0.5) is 0 Å². The van der Waals surface area contributed by atoms with Gasteiger partial charge in [0.05, 0.1) is 6.10 Å². The molecule has 3 nitrogen and oxygen atoms in total. The molecule has 0 aromatic heterocycles. The van der Waals surface area contributed by atoms with Crippen LogP contribution in [-0.4, -0.2) is 29.9 Å². The Hall–Kier alpha value is -1.06. The molecule has 3 unspecified atom stereocenters. The van der Waals surface area contributed by atoms with Crippen LogP contribution >= 0.6 is 0 Å². The maximum Gasteiger partial charge on any atom is 0.115 e. The number of phenolic OH excluding ortho intramolecular Hbond substituents is 1. The second-order valence-corrected chi connectivity index (χ2v) is 6.49. The van der Waals surface area contributed by atoms with E-state index >= 15 is 0 Å². The molecule has 0 heterocycles. The summed E-state index contributed by atoms with van der Waals surface area (Å²) >= 11 is 0. The number of benzene rings is 1. The predicted octanol–water partition coefficient (Wildman–Crippen LogP) is 3.12. The van der Waals surface area contributed by atoms with Gasteiger partial charge in [-0.05, 0) is 44.4 Å². The van der Waals surface area contributed by atoms with E-state index in [4.69, 9.17) is 4.74 Å². The standard InChI is InChI=1S/C17H27NO2/c1-5-20-16-11-15(17(16,3)4)18-12(2)10-13-6-8-14(19)9-7-13/h6-9,12,15-16,18-19H,5,10-11H2,1-4H3. The summed E-state index contributed by atoms with van der Waals surface area (Å²) in [5.41, 5.74) is 1.46. The molecule has 0 spiro atoms. The van der Waals surface area contributed by atoms with Crippen molar-refractivity contribution >= 4 is 0 Å². The molecule has 0 aliphatic heterocycles. The summed E-state index contributed by atoms with van der Waals surface area (Å²) in [5, 5.41) is 13.0. The molecule has 0 bridgehead atoms. The van der Waals surface area contributed by atoms with Crippen LogP contribution in [-0.2, 0) is 11.2 Å². The first-order valence-electron chi connectivity index (χ1n) is 7.59. The number of nitrogens with one attached hydrogen (secondary N) is 1. The molecule has 3 heteroatoms. The molecule has 2 rings (SSSR count). The average molecular weight is 277 g/mol. The van der Waals surface area contributed by atoms with Crippen LogP contribution in [0.3, 0.4) is 0 Å². The van der Waals surface area contributed by atoms with Gasteiger partial charge in [0.15, 0.2) is 0 Å². The van der Waals surface area contributed by atoms with Gasteiger partial charge in [-0.25, -0.2) is 0 Å². The minimum absolute atomic E-state index is 0.208. The summed E-state index contributed by atoms with van der Waals surface area (Å²) in [6.45, 7) is 9.63. The monoisotopic (exact) mass is 277 g/mol. The Kier molecular flexibility index (Phi) is 4.71. The molecule has 0 saturated heterocycles. The average Bonchev–Trinajstić information content (AvgIpc) is 2.40. The lowest BCUT2D eigenvalue weighted by atomic mass is 9.64. The van der Waals surface area contributed by atoms with E-state index in [9.17, 15) is 5.11 Å². The highest BCUT2D eigenvalue weighted by Crippen LogP contribution is 2.43. The van der Waals surface area contributed by atoms with Crippen molar-refractivity contribution in [3.8, 4) is 5.75 Å². The molecule has 20 heavy (non-hydrogen) atoms. The quantitative estimate of drug-likeness (QED) is 0.839. The van der Waals surface area contributed by atoms with Crippen molar-refractivity contribution in [3.63, 3.8) is 0 Å². The molecule has 0 amide bonds. The molecular weight excluding hydrogens is 250 g/mol. The smallest absolute Gasteiger partial charge is 0.115 e. The molecule has 1 aliphatic carbocycles. The van der Waals surface area contributed by atoms with E-state index in [1.165, 1.54) is 5.56 Å². The normalized spacial score (nSPS) is 26.0. The fourth-order valence-electron chi connectivity index (χ4n) is 3.04. The Bertz CT molecular complexity index is 427. The Morgan fingerprint density at radius 1 is 1.35 bits per heavy atom. The third kappa shape index (κ3) is 3.33. The molecule has 1 aromatic rings. The van der Waals surface area contributed by atoms with Crippen LogP contribution in [0.5, 0.6) is 5.75 Å². The number of rotatable bonds is 6. The predicted molar refractivity (Wildman–Crippen MR) is 82.0 cm³/mol. The lowest BCUT2D eigenvalue weighted by Gasteiger charge is -2.52. The fourth-order valence-corrected chi connectivity index (χ4v) is 3.04. The number of hydrogen-bond donors (Lipinski definition) is 2. The van der Waals surface area contributed by atoms with Crippen molar-refractivity contribution in [2.45, 2.75) is 58.7 Å². The van der Waals surface area contributed by atoms with Crippen molar-refractivity contribution < 1.29 is 9.84 Å². The minimum atomic E-state index is 0.208. The summed E-state index contributed by atoms with van der Waals surface area (Å²) < 4.78 is 5.77. The summed E-state index contributed by atoms with van der Waals surface area (Å²) in [4.78, 5) is 0. The Balaban J connectivity index is 1.83. The van der Waals surface area contributed by atoms with Gasteiger partial charge in [0.1, 0.15) is 5.75 Å². The Morgan fingerprint density at radius 2 is 2.00 bits per heavy atom. The van der Waals surface area contributed by atoms with Gasteiger partial charge in [0.2, 0.25) is 0 Å². The maximum atomic E-state index is 9.30. The number of aromatic hydroxyl groups is 1. The zero-order chi connectivity index (χ0) is 14.8. The van der Waals surface area contributed by atoms with Crippen molar-refractivity contribution in [2.24, 2.45) is 5.41 Å². The first-order valence-corrected chi connectivity index (χ1v) is 7.59. The van der Waals surface area contributed by atoms with Gasteiger partial charge in [-0.2, -0.15) is 0 Å². The molecule has 3 atom stereocenters. The van der Waals surface area contributed by atoms with E-state index in [1.807, 2.05) is 12.1 Å². The van der Waals surface area contributed by atoms with E-state index in [1.54, 1.807) is 12.1 Å². The van der Waals surface area contributed by atoms with Crippen LogP contribution in [0.25, 0.3) is 0 Å². The third-order valence-corrected chi connectivity index (χ3v) is 4.51. The topological polar surface area (TPSA) is 41.5 Å². The van der Waals surface area contributed by atoms with E-state index < -0.39 is 0 Å². The first kappa shape index (κ1) is 15.3. The Morgan fingerprint density at radius 3 is 2.55 bits per heavy atom. The summed E-state index contributed by atoms with van der Waals surface area (Å²) in [7, 11) is 0. The van der Waals surface area contributed by atoms with Gasteiger partial charge in [-0.3, -0.25) is 0 Å². The van der Waals surface area contributed by atoms with Gasteiger partial charge < -0.3 is 15.2 Å². The highest BCUT2D eigenvalue weighted by atomic mass is 16.5. The summed E-state index contributed by atoms with van der Waals surface area (Å²) in [6.07, 6.45) is 2.46. The minimum Gasteiger partial charge on any atom is -0.508 e. The van der Waals surface area contributed by atoms with E-state index in [0.717, 1.165) is 19.4 Å². The molecule has 1 aromatic carbocycles. The molecule has 1 fully saturated rings. The van der Waals surface area contributed by atoms with Crippen molar-refractivity contribution in [3.05, 3.63) is 29.8 Å². The van der Waals surface area contributed by atoms with Crippen molar-refractivity contribution in [2.75, 3.05) is 6.61 Å². The Labute approximate surface area is 122 Å². The first-order chi connectivity index (χ1) is 9.43. The maximum absolute atomic E-state index is 9.30. The number of hydrogen-bond acceptors (Lipinski definition) is 3. The van der Waals surface area contributed by atoms with Gasteiger partial charge in [0.25, 0.3) is 0 Å². The molecule has 1 saturated carbocycles. The van der Waals surface area contributed by atoms with Crippen LogP contribution in [0, 0.1) is 5.41 Å². The van der Waals surface area contributed by atoms with Gasteiger partial charge >= 0.3 is 0 Å². The van der Waals surface area contributed by atoms with Crippen LogP contribution in [0.2, 0.25) is 0 Å². The van der Waals surface area contributed by atoms with E-state index in [2.05, 4.69) is 33.0 Å². The van der Waals surface area contributed by atoms with Crippen molar-refractivity contribution in [1.29, 1.82) is 0 Å². The molecule has 0 radical (unpaired) electrons. The highest BCUT2D eigenvalue weighted by Gasteiger charge is 2.48. The second kappa shape index (κ2) is 6.15. The largest absolute Gasteiger partial charge is 0.508 e. The zero-order valence-corrected chi connectivity index (χ0v) is 13.0. The lowest BCUT2D eigenvalue weighted by molar-refractivity contribution is -0.116. The SMILES string of the molecule is CCOC1CC(NC(C)Cc2ccc(O)cc2)C1(C)C. The van der Waals surface area contributed by atoms with Crippen LogP contribution < -0.4 is 5.32 Å². The lowest BCUT2D eigenvalue weighted by Crippen LogP contribution is -2.62. The van der Waals surface area contributed by atoms with Crippen molar-refractivity contribution in [1.82, 2.24) is 5.32 Å². The number of ether oxygens (including phenoxy) is 1.